The molecule has 1 aliphatic rings. The molecule has 0 radical (unpaired) electrons. The topological polar surface area (TPSA) is 91.3 Å². The second kappa shape index (κ2) is 9.63. The van der Waals surface area contributed by atoms with Crippen molar-refractivity contribution < 1.29 is 0 Å². The number of aromatic nitrogens is 7. The van der Waals surface area contributed by atoms with Crippen LogP contribution in [0.15, 0.2) is 73.5 Å². The van der Waals surface area contributed by atoms with Gasteiger partial charge in [-0.15, -0.1) is 0 Å². The van der Waals surface area contributed by atoms with Gasteiger partial charge in [0.1, 0.15) is 11.2 Å². The number of nitrogens with zero attached hydrogens (tertiary/aromatic N) is 6. The summed E-state index contributed by atoms with van der Waals surface area (Å²) in [5, 5.41) is 8.80. The molecule has 0 saturated carbocycles. The molecule has 0 aliphatic carbocycles. The van der Waals surface area contributed by atoms with Crippen LogP contribution in [-0.2, 0) is 0 Å². The summed E-state index contributed by atoms with van der Waals surface area (Å²) in [6.07, 6.45) is 16.3. The van der Waals surface area contributed by atoms with Gasteiger partial charge in [-0.1, -0.05) is 30.9 Å². The van der Waals surface area contributed by atoms with Crippen molar-refractivity contribution >= 4 is 27.5 Å². The number of likely N-dealkylation sites (tertiary alicyclic amines) is 1. The zero-order chi connectivity index (χ0) is 25.4. The molecule has 1 aromatic carbocycles. The molecule has 5 heterocycles. The Morgan fingerprint density at radius 2 is 2.03 bits per heavy atom. The van der Waals surface area contributed by atoms with E-state index >= 15 is 0 Å². The van der Waals surface area contributed by atoms with Crippen LogP contribution in [0.5, 0.6) is 0 Å². The van der Waals surface area contributed by atoms with Gasteiger partial charge in [0.15, 0.2) is 5.82 Å². The SMILES string of the molecule is C=C/C(=C\C(=C/C)c1ccc2[nH]nc(-c3nc4c(-n5cnc(C)c5)cncc4[nH]3)c2c1)CN1CCCC1. The molecule has 2 N–H and O–H groups in total. The second-order valence-electron chi connectivity index (χ2n) is 9.55. The molecular formula is C29H30N8. The number of rotatable bonds is 7. The quantitative estimate of drug-likeness (QED) is 0.290. The fourth-order valence-corrected chi connectivity index (χ4v) is 5.05. The summed E-state index contributed by atoms with van der Waals surface area (Å²) in [6, 6.07) is 6.40. The van der Waals surface area contributed by atoms with Crippen LogP contribution in [0.2, 0.25) is 0 Å². The molecule has 0 bridgehead atoms. The predicted octanol–water partition coefficient (Wildman–Crippen LogP) is 5.61. The molecule has 0 atom stereocenters. The Morgan fingerprint density at radius 3 is 2.78 bits per heavy atom. The molecule has 0 amide bonds. The van der Waals surface area contributed by atoms with Crippen molar-refractivity contribution in [2.75, 3.05) is 19.6 Å². The minimum atomic E-state index is 0.697. The highest BCUT2D eigenvalue weighted by molar-refractivity contribution is 5.96. The molecule has 6 rings (SSSR count). The Hall–Kier alpha value is -4.30. The minimum absolute atomic E-state index is 0.697. The summed E-state index contributed by atoms with van der Waals surface area (Å²) < 4.78 is 1.94. The Balaban J connectivity index is 1.38. The maximum absolute atomic E-state index is 4.93. The number of aryl methyl sites for hydroxylation is 1. The lowest BCUT2D eigenvalue weighted by molar-refractivity contribution is 0.371. The zero-order valence-electron chi connectivity index (χ0n) is 21.2. The number of H-pyrrole nitrogens is 2. The lowest BCUT2D eigenvalue weighted by atomic mass is 10.00. The number of benzene rings is 1. The van der Waals surface area contributed by atoms with Gasteiger partial charge in [-0.25, -0.2) is 9.97 Å². The van der Waals surface area contributed by atoms with E-state index in [4.69, 9.17) is 4.98 Å². The van der Waals surface area contributed by atoms with Crippen molar-refractivity contribution in [1.82, 2.24) is 39.6 Å². The highest BCUT2D eigenvalue weighted by Gasteiger charge is 2.17. The first kappa shape index (κ1) is 23.1. The van der Waals surface area contributed by atoms with Crippen molar-refractivity contribution in [2.45, 2.75) is 26.7 Å². The van der Waals surface area contributed by atoms with Crippen molar-refractivity contribution in [3.63, 3.8) is 0 Å². The first-order valence-electron chi connectivity index (χ1n) is 12.7. The van der Waals surface area contributed by atoms with Crippen molar-refractivity contribution in [1.29, 1.82) is 0 Å². The molecule has 37 heavy (non-hydrogen) atoms. The van der Waals surface area contributed by atoms with Crippen LogP contribution in [0.25, 0.3) is 44.7 Å². The molecular weight excluding hydrogens is 460 g/mol. The van der Waals surface area contributed by atoms with Gasteiger partial charge >= 0.3 is 0 Å². The average molecular weight is 491 g/mol. The largest absolute Gasteiger partial charge is 0.335 e. The van der Waals surface area contributed by atoms with Gasteiger partial charge in [-0.3, -0.25) is 15.0 Å². The number of hydrogen-bond donors (Lipinski definition) is 2. The molecule has 8 nitrogen and oxygen atoms in total. The monoisotopic (exact) mass is 490 g/mol. The Labute approximate surface area is 215 Å². The zero-order valence-corrected chi connectivity index (χ0v) is 21.2. The second-order valence-corrected chi connectivity index (χ2v) is 9.55. The van der Waals surface area contributed by atoms with Crippen LogP contribution >= 0.6 is 0 Å². The molecule has 1 saturated heterocycles. The van der Waals surface area contributed by atoms with E-state index in [1.807, 2.05) is 23.8 Å². The summed E-state index contributed by atoms with van der Waals surface area (Å²) in [7, 11) is 0. The van der Waals surface area contributed by atoms with Crippen LogP contribution < -0.4 is 0 Å². The predicted molar refractivity (Wildman–Crippen MR) is 148 cm³/mol. The molecule has 0 unspecified atom stereocenters. The molecule has 8 heteroatoms. The Kier molecular flexibility index (Phi) is 6.02. The minimum Gasteiger partial charge on any atom is -0.335 e. The third kappa shape index (κ3) is 4.40. The molecule has 4 aromatic heterocycles. The Morgan fingerprint density at radius 1 is 1.16 bits per heavy atom. The van der Waals surface area contributed by atoms with Crippen molar-refractivity contribution in [3.8, 4) is 17.2 Å². The number of pyridine rings is 1. The van der Waals surface area contributed by atoms with E-state index in [0.717, 1.165) is 69.8 Å². The van der Waals surface area contributed by atoms with Crippen LogP contribution in [0.4, 0.5) is 0 Å². The van der Waals surface area contributed by atoms with E-state index in [1.54, 1.807) is 18.7 Å². The Bertz CT molecular complexity index is 1660. The normalized spacial score (nSPS) is 15.3. The van der Waals surface area contributed by atoms with Gasteiger partial charge in [0, 0.05) is 18.1 Å². The van der Waals surface area contributed by atoms with Gasteiger partial charge in [0.2, 0.25) is 0 Å². The molecule has 5 aromatic rings. The van der Waals surface area contributed by atoms with Crippen LogP contribution in [0, 0.1) is 6.92 Å². The van der Waals surface area contributed by atoms with Crippen molar-refractivity contribution in [3.05, 3.63) is 84.8 Å². The summed E-state index contributed by atoms with van der Waals surface area (Å²) in [4.78, 5) is 19.6. The maximum atomic E-state index is 4.93. The first-order valence-corrected chi connectivity index (χ1v) is 12.7. The van der Waals surface area contributed by atoms with E-state index in [-0.39, 0.29) is 0 Å². The molecule has 1 aliphatic heterocycles. The number of hydrogen-bond acceptors (Lipinski definition) is 5. The number of aromatic amines is 2. The van der Waals surface area contributed by atoms with E-state index in [1.165, 1.54) is 18.4 Å². The van der Waals surface area contributed by atoms with Crippen molar-refractivity contribution in [2.24, 2.45) is 0 Å². The number of nitrogens with one attached hydrogen (secondary N) is 2. The highest BCUT2D eigenvalue weighted by Crippen LogP contribution is 2.31. The van der Waals surface area contributed by atoms with Crippen LogP contribution in [-0.4, -0.2) is 59.2 Å². The van der Waals surface area contributed by atoms with E-state index in [2.05, 4.69) is 73.9 Å². The fraction of sp³-hybridized carbons (Fsp3) is 0.241. The third-order valence-electron chi connectivity index (χ3n) is 7.00. The van der Waals surface area contributed by atoms with Gasteiger partial charge < -0.3 is 9.55 Å². The highest BCUT2D eigenvalue weighted by atomic mass is 15.1. The van der Waals surface area contributed by atoms with Gasteiger partial charge in [-0.2, -0.15) is 5.10 Å². The summed E-state index contributed by atoms with van der Waals surface area (Å²) in [5.74, 6) is 0.697. The number of allylic oxidation sites excluding steroid dienone is 3. The first-order chi connectivity index (χ1) is 18.1. The van der Waals surface area contributed by atoms with Gasteiger partial charge in [0.25, 0.3) is 0 Å². The number of imidazole rings is 2. The lowest BCUT2D eigenvalue weighted by Gasteiger charge is -2.15. The molecule has 1 fully saturated rings. The van der Waals surface area contributed by atoms with Crippen LogP contribution in [0.1, 0.15) is 31.0 Å². The lowest BCUT2D eigenvalue weighted by Crippen LogP contribution is -2.21. The smallest absolute Gasteiger partial charge is 0.159 e. The maximum Gasteiger partial charge on any atom is 0.159 e. The van der Waals surface area contributed by atoms with Crippen LogP contribution in [0.3, 0.4) is 0 Å². The summed E-state index contributed by atoms with van der Waals surface area (Å²) in [6.45, 7) is 11.4. The van der Waals surface area contributed by atoms with Gasteiger partial charge in [-0.05, 0) is 68.6 Å². The van der Waals surface area contributed by atoms with E-state index in [0.29, 0.717) is 5.82 Å². The van der Waals surface area contributed by atoms with E-state index in [9.17, 15) is 0 Å². The molecule has 186 valence electrons. The standard InChI is InChI=1S/C29H30N8/c1-4-20(17-36-10-6-7-11-36)12-21(5-2)22-8-9-24-23(13-22)27(35-34-24)29-32-25-14-30-15-26(28(25)33-29)37-16-19(3)31-18-37/h4-5,8-9,12-16,18H,1,6-7,10-11,17H2,2-3H3,(H,32,33)(H,34,35)/b20-12+,21-5+. The molecule has 0 spiro atoms. The average Bonchev–Trinajstić information content (AvgIpc) is 3.72. The third-order valence-corrected chi connectivity index (χ3v) is 7.00. The van der Waals surface area contributed by atoms with Gasteiger partial charge in [0.05, 0.1) is 41.1 Å². The summed E-state index contributed by atoms with van der Waals surface area (Å²) in [5.41, 5.74) is 8.74. The fourth-order valence-electron chi connectivity index (χ4n) is 5.05. The summed E-state index contributed by atoms with van der Waals surface area (Å²) >= 11 is 0. The van der Waals surface area contributed by atoms with E-state index < -0.39 is 0 Å². The number of fused-ring (bicyclic) bond motifs is 2.